The van der Waals surface area contributed by atoms with Gasteiger partial charge >= 0.3 is 5.97 Å². The van der Waals surface area contributed by atoms with Crippen molar-refractivity contribution in [3.05, 3.63) is 0 Å². The number of carboxylic acids is 1. The van der Waals surface area contributed by atoms with Gasteiger partial charge in [-0.05, 0) is 0 Å². The molecule has 0 bridgehead atoms. The van der Waals surface area contributed by atoms with Crippen LogP contribution in [0.2, 0.25) is 0 Å². The minimum atomic E-state index is -0.719. The lowest BCUT2D eigenvalue weighted by molar-refractivity contribution is -0.146. The third-order valence-corrected chi connectivity index (χ3v) is 2.67. The quantitative estimate of drug-likeness (QED) is 0.529. The Kier molecular flexibility index (Phi) is 1.40. The normalized spacial score (nSPS) is 33.6. The minimum absolute atomic E-state index is 0.0775. The minimum Gasteiger partial charge on any atom is -0.481 e. The maximum Gasteiger partial charge on any atom is 0.309 e. The van der Waals surface area contributed by atoms with E-state index in [2.05, 4.69) is 5.32 Å². The highest BCUT2D eigenvalue weighted by Crippen LogP contribution is 2.37. The van der Waals surface area contributed by atoms with Crippen LogP contribution < -0.4 is 5.32 Å². The van der Waals surface area contributed by atoms with Crippen molar-refractivity contribution in [1.29, 1.82) is 0 Å². The van der Waals surface area contributed by atoms with E-state index in [4.69, 9.17) is 9.84 Å². The van der Waals surface area contributed by atoms with E-state index >= 15 is 0 Å². The molecule has 11 heavy (non-hydrogen) atoms. The fourth-order valence-corrected chi connectivity index (χ4v) is 1.79. The number of rotatable bonds is 1. The third-order valence-electron chi connectivity index (χ3n) is 2.67. The van der Waals surface area contributed by atoms with Crippen molar-refractivity contribution in [1.82, 2.24) is 5.32 Å². The smallest absolute Gasteiger partial charge is 0.309 e. The summed E-state index contributed by atoms with van der Waals surface area (Å²) in [6, 6.07) is 0. The predicted octanol–water partition coefficient (Wildman–Crippen LogP) is -0.693. The zero-order chi connectivity index (χ0) is 7.90. The van der Waals surface area contributed by atoms with Gasteiger partial charge in [0.15, 0.2) is 0 Å². The first kappa shape index (κ1) is 7.06. The highest BCUT2D eigenvalue weighted by Gasteiger charge is 2.51. The number of hydrogen-bond donors (Lipinski definition) is 2. The summed E-state index contributed by atoms with van der Waals surface area (Å²) in [6.45, 7) is 2.59. The Balaban J connectivity index is 2.13. The van der Waals surface area contributed by atoms with Gasteiger partial charge in [0.25, 0.3) is 0 Å². The molecule has 0 aliphatic carbocycles. The molecule has 2 rings (SSSR count). The predicted molar refractivity (Wildman–Crippen MR) is 37.2 cm³/mol. The largest absolute Gasteiger partial charge is 0.481 e. The number of carbonyl (C=O) groups is 1. The molecule has 0 saturated carbocycles. The number of ether oxygens (including phenoxy) is 1. The lowest BCUT2D eigenvalue weighted by atomic mass is 9.73. The monoisotopic (exact) mass is 157 g/mol. The van der Waals surface area contributed by atoms with E-state index in [0.29, 0.717) is 13.2 Å². The van der Waals surface area contributed by atoms with E-state index < -0.39 is 5.97 Å². The Labute approximate surface area is 64.5 Å². The fourth-order valence-electron chi connectivity index (χ4n) is 1.79. The SMILES string of the molecule is O=C(O)[C@H]1COCC12CNC2. The fraction of sp³-hybridized carbons (Fsp3) is 0.857. The maximum atomic E-state index is 10.7. The van der Waals surface area contributed by atoms with E-state index in [0.717, 1.165) is 13.1 Å². The van der Waals surface area contributed by atoms with Crippen LogP contribution in [0.4, 0.5) is 0 Å². The Morgan fingerprint density at radius 1 is 1.64 bits per heavy atom. The van der Waals surface area contributed by atoms with Crippen molar-refractivity contribution in [3.8, 4) is 0 Å². The lowest BCUT2D eigenvalue weighted by Crippen LogP contribution is -2.59. The van der Waals surface area contributed by atoms with Gasteiger partial charge in [-0.3, -0.25) is 4.79 Å². The molecule has 0 aromatic carbocycles. The molecule has 2 fully saturated rings. The van der Waals surface area contributed by atoms with Gasteiger partial charge in [-0.25, -0.2) is 0 Å². The van der Waals surface area contributed by atoms with Crippen molar-refractivity contribution < 1.29 is 14.6 Å². The molecule has 1 atom stereocenters. The number of nitrogens with one attached hydrogen (secondary N) is 1. The molecule has 2 aliphatic rings. The first-order valence-electron chi connectivity index (χ1n) is 3.76. The summed E-state index contributed by atoms with van der Waals surface area (Å²) < 4.78 is 5.16. The summed E-state index contributed by atoms with van der Waals surface area (Å²) in [5.41, 5.74) is -0.0775. The van der Waals surface area contributed by atoms with Crippen LogP contribution in [-0.4, -0.2) is 37.4 Å². The molecule has 0 aromatic rings. The van der Waals surface area contributed by atoms with Crippen molar-refractivity contribution >= 4 is 5.97 Å². The Bertz CT molecular complexity index is 188. The molecular formula is C7H11NO3. The summed E-state index contributed by atoms with van der Waals surface area (Å²) in [7, 11) is 0. The van der Waals surface area contributed by atoms with Crippen LogP contribution in [0, 0.1) is 11.3 Å². The van der Waals surface area contributed by atoms with Crippen molar-refractivity contribution in [3.63, 3.8) is 0 Å². The second-order valence-electron chi connectivity index (χ2n) is 3.37. The van der Waals surface area contributed by atoms with Crippen LogP contribution in [-0.2, 0) is 9.53 Å². The molecule has 1 spiro atoms. The Hall–Kier alpha value is -0.610. The first-order chi connectivity index (χ1) is 5.25. The zero-order valence-corrected chi connectivity index (χ0v) is 6.17. The molecule has 0 radical (unpaired) electrons. The van der Waals surface area contributed by atoms with Gasteiger partial charge in [-0.2, -0.15) is 0 Å². The average molecular weight is 157 g/mol. The van der Waals surface area contributed by atoms with E-state index in [1.807, 2.05) is 0 Å². The Morgan fingerprint density at radius 3 is 2.73 bits per heavy atom. The van der Waals surface area contributed by atoms with Gasteiger partial charge in [0.1, 0.15) is 0 Å². The van der Waals surface area contributed by atoms with Gasteiger partial charge in [0, 0.05) is 18.5 Å². The molecule has 4 nitrogen and oxygen atoms in total. The van der Waals surface area contributed by atoms with E-state index in [9.17, 15) is 4.79 Å². The highest BCUT2D eigenvalue weighted by molar-refractivity contribution is 5.72. The molecular weight excluding hydrogens is 146 g/mol. The van der Waals surface area contributed by atoms with Crippen molar-refractivity contribution in [2.24, 2.45) is 11.3 Å². The third kappa shape index (κ3) is 0.862. The highest BCUT2D eigenvalue weighted by atomic mass is 16.5. The number of carboxylic acid groups (broad SMARTS) is 1. The van der Waals surface area contributed by atoms with E-state index in [1.165, 1.54) is 0 Å². The molecule has 2 N–H and O–H groups in total. The van der Waals surface area contributed by atoms with Crippen LogP contribution in [0.1, 0.15) is 0 Å². The molecule has 0 aromatic heterocycles. The van der Waals surface area contributed by atoms with Gasteiger partial charge < -0.3 is 15.2 Å². The van der Waals surface area contributed by atoms with Crippen LogP contribution >= 0.6 is 0 Å². The van der Waals surface area contributed by atoms with Crippen molar-refractivity contribution in [2.75, 3.05) is 26.3 Å². The molecule has 62 valence electrons. The lowest BCUT2D eigenvalue weighted by Gasteiger charge is -2.40. The molecule has 2 heterocycles. The van der Waals surface area contributed by atoms with Crippen LogP contribution in [0.3, 0.4) is 0 Å². The molecule has 2 saturated heterocycles. The maximum absolute atomic E-state index is 10.7. The average Bonchev–Trinajstić information content (AvgIpc) is 2.27. The summed E-state index contributed by atoms with van der Waals surface area (Å²) in [4.78, 5) is 10.7. The standard InChI is InChI=1S/C7H11NO3/c9-6(10)5-1-11-4-7(5)2-8-3-7/h5,8H,1-4H2,(H,9,10)/t5-/m1/s1. The van der Waals surface area contributed by atoms with Gasteiger partial charge in [0.05, 0.1) is 19.1 Å². The summed E-state index contributed by atoms with van der Waals surface area (Å²) in [6.07, 6.45) is 0. The van der Waals surface area contributed by atoms with Gasteiger partial charge in [-0.1, -0.05) is 0 Å². The molecule has 2 aliphatic heterocycles. The molecule has 4 heteroatoms. The Morgan fingerprint density at radius 2 is 2.36 bits per heavy atom. The topological polar surface area (TPSA) is 58.6 Å². The van der Waals surface area contributed by atoms with Gasteiger partial charge in [0.2, 0.25) is 0 Å². The van der Waals surface area contributed by atoms with Crippen LogP contribution in [0.5, 0.6) is 0 Å². The van der Waals surface area contributed by atoms with Crippen molar-refractivity contribution in [2.45, 2.75) is 0 Å². The second kappa shape index (κ2) is 2.19. The summed E-state index contributed by atoms with van der Waals surface area (Å²) >= 11 is 0. The first-order valence-corrected chi connectivity index (χ1v) is 3.76. The summed E-state index contributed by atoms with van der Waals surface area (Å²) in [5.74, 6) is -1.01. The molecule has 0 unspecified atom stereocenters. The second-order valence-corrected chi connectivity index (χ2v) is 3.37. The number of aliphatic carboxylic acids is 1. The number of hydrogen-bond acceptors (Lipinski definition) is 3. The van der Waals surface area contributed by atoms with Crippen LogP contribution in [0.15, 0.2) is 0 Å². The molecule has 0 amide bonds. The zero-order valence-electron chi connectivity index (χ0n) is 6.17. The van der Waals surface area contributed by atoms with Crippen LogP contribution in [0.25, 0.3) is 0 Å². The van der Waals surface area contributed by atoms with E-state index in [-0.39, 0.29) is 11.3 Å². The van der Waals surface area contributed by atoms with Gasteiger partial charge in [-0.15, -0.1) is 0 Å². The summed E-state index contributed by atoms with van der Waals surface area (Å²) in [5, 5.41) is 11.9. The van der Waals surface area contributed by atoms with E-state index in [1.54, 1.807) is 0 Å².